The van der Waals surface area contributed by atoms with Gasteiger partial charge < -0.3 is 9.47 Å². The van der Waals surface area contributed by atoms with Crippen LogP contribution in [0.15, 0.2) is 34.2 Å². The highest BCUT2D eigenvalue weighted by Gasteiger charge is 2.28. The number of hydrogen-bond acceptors (Lipinski definition) is 8. The Kier molecular flexibility index (Phi) is 5.75. The van der Waals surface area contributed by atoms with Crippen LogP contribution < -0.4 is 5.56 Å². The van der Waals surface area contributed by atoms with E-state index in [1.54, 1.807) is 24.3 Å². The molecule has 0 unspecified atom stereocenters. The van der Waals surface area contributed by atoms with Crippen LogP contribution in [-0.2, 0) is 25.6 Å². The van der Waals surface area contributed by atoms with Crippen LogP contribution in [0.1, 0.15) is 6.42 Å². The van der Waals surface area contributed by atoms with E-state index in [0.29, 0.717) is 16.1 Å². The Morgan fingerprint density at radius 3 is 2.78 bits per heavy atom. The number of carbonyl (C=O) groups excluding carboxylic acids is 3. The first-order valence-corrected chi connectivity index (χ1v) is 9.16. The molecule has 9 nitrogen and oxygen atoms in total. The van der Waals surface area contributed by atoms with Gasteiger partial charge in [0.15, 0.2) is 5.16 Å². The number of methoxy groups -OCH3 is 1. The number of esters is 1. The third kappa shape index (κ3) is 4.11. The topological polar surface area (TPSA) is 108 Å². The summed E-state index contributed by atoms with van der Waals surface area (Å²) in [4.78, 5) is 53.4. The van der Waals surface area contributed by atoms with Gasteiger partial charge in [-0.3, -0.25) is 19.0 Å². The van der Waals surface area contributed by atoms with Crippen molar-refractivity contribution >= 4 is 40.6 Å². The number of carbonyl (C=O) groups is 3. The number of amides is 2. The van der Waals surface area contributed by atoms with Crippen LogP contribution in [-0.4, -0.2) is 58.4 Å². The van der Waals surface area contributed by atoms with Gasteiger partial charge >= 0.3 is 12.1 Å². The van der Waals surface area contributed by atoms with E-state index >= 15 is 0 Å². The number of cyclic esters (lactones) is 1. The molecule has 1 fully saturated rings. The summed E-state index contributed by atoms with van der Waals surface area (Å²) in [5.41, 5.74) is 0.187. The summed E-state index contributed by atoms with van der Waals surface area (Å²) < 4.78 is 10.7. The molecule has 0 bridgehead atoms. The number of benzene rings is 1. The first-order valence-electron chi connectivity index (χ1n) is 8.17. The number of hydrogen-bond donors (Lipinski definition) is 0. The summed E-state index contributed by atoms with van der Waals surface area (Å²) in [7, 11) is 1.27. The number of aromatic nitrogens is 2. The van der Waals surface area contributed by atoms with Crippen molar-refractivity contribution in [1.29, 1.82) is 0 Å². The quantitative estimate of drug-likeness (QED) is 0.408. The Labute approximate surface area is 158 Å². The Hall–Kier alpha value is -2.88. The fourth-order valence-electron chi connectivity index (χ4n) is 2.58. The summed E-state index contributed by atoms with van der Waals surface area (Å²) >= 11 is 1.03. The zero-order valence-corrected chi connectivity index (χ0v) is 15.4. The first-order chi connectivity index (χ1) is 13.0. The second-order valence-corrected chi connectivity index (χ2v) is 6.59. The molecule has 0 saturated carbocycles. The van der Waals surface area contributed by atoms with Gasteiger partial charge in [-0.05, 0) is 12.1 Å². The van der Waals surface area contributed by atoms with Crippen molar-refractivity contribution in [2.24, 2.45) is 0 Å². The van der Waals surface area contributed by atoms with E-state index in [0.717, 1.165) is 16.7 Å². The highest BCUT2D eigenvalue weighted by atomic mass is 32.2. The molecule has 3 rings (SSSR count). The van der Waals surface area contributed by atoms with Crippen LogP contribution in [0.5, 0.6) is 0 Å². The van der Waals surface area contributed by atoms with Gasteiger partial charge in [-0.25, -0.2) is 14.7 Å². The summed E-state index contributed by atoms with van der Waals surface area (Å²) in [5.74, 6) is -0.968. The second-order valence-electron chi connectivity index (χ2n) is 5.64. The van der Waals surface area contributed by atoms with Gasteiger partial charge in [0.1, 0.15) is 6.61 Å². The fraction of sp³-hybridized carbons (Fsp3) is 0.353. The fourth-order valence-corrected chi connectivity index (χ4v) is 3.49. The molecule has 1 saturated heterocycles. The summed E-state index contributed by atoms with van der Waals surface area (Å²) in [6.07, 6.45) is -0.675. The van der Waals surface area contributed by atoms with Crippen molar-refractivity contribution in [2.45, 2.75) is 18.1 Å². The van der Waals surface area contributed by atoms with E-state index in [1.807, 2.05) is 0 Å². The smallest absolute Gasteiger partial charge is 0.416 e. The molecule has 0 radical (unpaired) electrons. The lowest BCUT2D eigenvalue weighted by Crippen LogP contribution is -2.33. The van der Waals surface area contributed by atoms with Crippen molar-refractivity contribution in [3.05, 3.63) is 34.6 Å². The molecule has 1 aromatic carbocycles. The minimum absolute atomic E-state index is 0.00359. The lowest BCUT2D eigenvalue weighted by atomic mass is 10.2. The van der Waals surface area contributed by atoms with Crippen LogP contribution in [0, 0.1) is 0 Å². The molecule has 1 aromatic heterocycles. The van der Waals surface area contributed by atoms with Crippen molar-refractivity contribution in [3.63, 3.8) is 0 Å². The summed E-state index contributed by atoms with van der Waals surface area (Å²) in [6, 6.07) is 6.84. The summed E-state index contributed by atoms with van der Waals surface area (Å²) in [5, 5.41) is 0.713. The molecule has 10 heteroatoms. The highest BCUT2D eigenvalue weighted by Crippen LogP contribution is 2.19. The van der Waals surface area contributed by atoms with Crippen LogP contribution in [0.4, 0.5) is 4.79 Å². The molecular formula is C17H17N3O6S. The lowest BCUT2D eigenvalue weighted by Gasteiger charge is -2.14. The Morgan fingerprint density at radius 2 is 2.07 bits per heavy atom. The zero-order chi connectivity index (χ0) is 19.4. The largest absolute Gasteiger partial charge is 0.469 e. The monoisotopic (exact) mass is 391 g/mol. The maximum absolute atomic E-state index is 12.8. The zero-order valence-electron chi connectivity index (χ0n) is 14.5. The van der Waals surface area contributed by atoms with Crippen molar-refractivity contribution in [2.75, 3.05) is 26.0 Å². The Balaban J connectivity index is 1.87. The molecule has 142 valence electrons. The van der Waals surface area contributed by atoms with Gasteiger partial charge in [0.2, 0.25) is 5.91 Å². The molecule has 0 spiro atoms. The molecule has 1 aliphatic heterocycles. The summed E-state index contributed by atoms with van der Waals surface area (Å²) in [6.45, 7) is 0.456. The Bertz CT molecular complexity index is 957. The normalized spacial score (nSPS) is 13.7. The van der Waals surface area contributed by atoms with E-state index in [2.05, 4.69) is 9.72 Å². The number of rotatable bonds is 6. The van der Waals surface area contributed by atoms with Gasteiger partial charge in [-0.15, -0.1) is 0 Å². The van der Waals surface area contributed by atoms with Gasteiger partial charge in [-0.2, -0.15) is 0 Å². The molecular weight excluding hydrogens is 374 g/mol. The van der Waals surface area contributed by atoms with Gasteiger partial charge in [0.05, 0.1) is 36.7 Å². The first kappa shape index (κ1) is 18.9. The number of fused-ring (bicyclic) bond motifs is 1. The van der Waals surface area contributed by atoms with Crippen molar-refractivity contribution in [3.8, 4) is 0 Å². The van der Waals surface area contributed by atoms with Crippen molar-refractivity contribution < 1.29 is 23.9 Å². The number of thioether (sulfide) groups is 1. The maximum atomic E-state index is 12.8. The molecule has 2 heterocycles. The molecule has 27 heavy (non-hydrogen) atoms. The highest BCUT2D eigenvalue weighted by molar-refractivity contribution is 7.99. The third-order valence-corrected chi connectivity index (χ3v) is 4.94. The molecule has 0 aliphatic carbocycles. The van der Waals surface area contributed by atoms with Gasteiger partial charge in [0.25, 0.3) is 5.56 Å². The SMILES string of the molecule is COC(=O)CCn1c(SCC(=O)N2CCOC2=O)nc2ccccc2c1=O. The van der Waals surface area contributed by atoms with E-state index < -0.39 is 18.0 Å². The molecule has 0 atom stereocenters. The number of ether oxygens (including phenoxy) is 2. The predicted octanol–water partition coefficient (Wildman–Crippen LogP) is 1.03. The van der Waals surface area contributed by atoms with Gasteiger partial charge in [0, 0.05) is 6.54 Å². The standard InChI is InChI=1S/C17H17N3O6S/c1-25-14(22)6-7-20-15(23)11-4-2-3-5-12(11)18-16(20)27-10-13(21)19-8-9-26-17(19)24/h2-5H,6-10H2,1H3. The van der Waals surface area contributed by atoms with E-state index in [9.17, 15) is 19.2 Å². The number of nitrogens with zero attached hydrogens (tertiary/aromatic N) is 3. The Morgan fingerprint density at radius 1 is 1.30 bits per heavy atom. The van der Waals surface area contributed by atoms with E-state index in [4.69, 9.17) is 4.74 Å². The molecule has 1 aliphatic rings. The second kappa shape index (κ2) is 8.21. The average molecular weight is 391 g/mol. The average Bonchev–Trinajstić information content (AvgIpc) is 3.11. The van der Waals surface area contributed by atoms with E-state index in [-0.39, 0.29) is 37.4 Å². The number of para-hydroxylation sites is 1. The van der Waals surface area contributed by atoms with E-state index in [1.165, 1.54) is 11.7 Å². The molecule has 2 amide bonds. The van der Waals surface area contributed by atoms with Crippen molar-refractivity contribution in [1.82, 2.24) is 14.5 Å². The minimum atomic E-state index is -0.671. The van der Waals surface area contributed by atoms with Crippen LogP contribution in [0.2, 0.25) is 0 Å². The van der Waals surface area contributed by atoms with Gasteiger partial charge in [-0.1, -0.05) is 23.9 Å². The van der Waals surface area contributed by atoms with Crippen LogP contribution in [0.3, 0.4) is 0 Å². The molecule has 2 aromatic rings. The predicted molar refractivity (Wildman–Crippen MR) is 96.4 cm³/mol. The molecule has 0 N–H and O–H groups in total. The number of imide groups is 1. The van der Waals surface area contributed by atoms with Crippen LogP contribution in [0.25, 0.3) is 10.9 Å². The van der Waals surface area contributed by atoms with Crippen LogP contribution >= 0.6 is 11.8 Å². The maximum Gasteiger partial charge on any atom is 0.416 e. The minimum Gasteiger partial charge on any atom is -0.469 e. The lowest BCUT2D eigenvalue weighted by molar-refractivity contribution is -0.140. The third-order valence-electron chi connectivity index (χ3n) is 3.98.